The Hall–Kier alpha value is -5.12. The molecule has 7 aromatic rings. The molecule has 2 amide bonds. The number of hydrogen-bond acceptors (Lipinski definition) is 10. The van der Waals surface area contributed by atoms with E-state index in [1.807, 2.05) is 24.3 Å². The van der Waals surface area contributed by atoms with Gasteiger partial charge in [-0.3, -0.25) is 23.2 Å². The number of rotatable bonds is 14. The second-order valence-electron chi connectivity index (χ2n) is 13.1. The van der Waals surface area contributed by atoms with Crippen LogP contribution in [0.5, 0.6) is 0 Å². The van der Waals surface area contributed by atoms with Crippen molar-refractivity contribution in [2.45, 2.75) is 38.1 Å². The Morgan fingerprint density at radius 2 is 1.14 bits per heavy atom. The third kappa shape index (κ3) is 8.20. The van der Waals surface area contributed by atoms with Gasteiger partial charge in [0.1, 0.15) is 0 Å². The second-order valence-corrected chi connectivity index (χ2v) is 15.7. The van der Waals surface area contributed by atoms with E-state index in [2.05, 4.69) is 20.6 Å². The SMILES string of the molecule is CC(OP(=O)(O)OC(C)C(COP(=O)(O)O)NC(=O)c1c2ccccc2nc2c1[nH]c1ccccc12)C(CO)NC(=O)c1c2ccccc2nc2ccccc12. The van der Waals surface area contributed by atoms with Crippen LogP contribution in [0.3, 0.4) is 0 Å². The number of phosphoric ester groups is 2. The number of aliphatic hydroxyl groups is 1. The molecule has 18 heteroatoms. The van der Waals surface area contributed by atoms with Crippen LogP contribution in [0.15, 0.2) is 97.1 Å². The van der Waals surface area contributed by atoms with Gasteiger partial charge in [-0.25, -0.2) is 19.1 Å². The molecule has 0 saturated heterocycles. The summed E-state index contributed by atoms with van der Waals surface area (Å²) in [6.07, 6.45) is -2.78. The predicted octanol–water partition coefficient (Wildman–Crippen LogP) is 5.48. The monoisotopic (exact) mass is 801 g/mol. The van der Waals surface area contributed by atoms with Crippen LogP contribution in [0.1, 0.15) is 34.6 Å². The zero-order chi connectivity index (χ0) is 39.8. The molecule has 4 aromatic carbocycles. The molecule has 3 aromatic heterocycles. The molecule has 5 unspecified atom stereocenters. The van der Waals surface area contributed by atoms with Crippen LogP contribution < -0.4 is 10.6 Å². The van der Waals surface area contributed by atoms with E-state index in [0.29, 0.717) is 49.3 Å². The number of H-pyrrole nitrogens is 1. The van der Waals surface area contributed by atoms with Crippen molar-refractivity contribution < 1.29 is 52.1 Å². The Labute approximate surface area is 318 Å². The van der Waals surface area contributed by atoms with Crippen LogP contribution in [0, 0.1) is 0 Å². The number of carbonyl (C=O) groups is 2. The molecule has 7 rings (SSSR count). The van der Waals surface area contributed by atoms with Crippen LogP contribution in [0.25, 0.3) is 54.6 Å². The highest BCUT2D eigenvalue weighted by Gasteiger charge is 2.36. The van der Waals surface area contributed by atoms with Gasteiger partial charge in [-0.15, -0.1) is 0 Å². The molecule has 0 radical (unpaired) electrons. The van der Waals surface area contributed by atoms with E-state index in [4.69, 9.17) is 18.6 Å². The number of carbonyl (C=O) groups excluding carboxylic acids is 2. The van der Waals surface area contributed by atoms with Gasteiger partial charge in [0.05, 0.1) is 76.2 Å². The fourth-order valence-electron chi connectivity index (χ4n) is 6.64. The molecule has 16 nitrogen and oxygen atoms in total. The summed E-state index contributed by atoms with van der Waals surface area (Å²) < 4.78 is 40.7. The Morgan fingerprint density at radius 1 is 0.679 bits per heavy atom. The Kier molecular flexibility index (Phi) is 11.0. The van der Waals surface area contributed by atoms with Gasteiger partial charge in [0, 0.05) is 27.1 Å². The molecular weight excluding hydrogens is 764 g/mol. The maximum absolute atomic E-state index is 14.1. The van der Waals surface area contributed by atoms with Gasteiger partial charge in [-0.1, -0.05) is 72.8 Å². The smallest absolute Gasteiger partial charge is 0.394 e. The molecule has 0 fully saturated rings. The van der Waals surface area contributed by atoms with Crippen LogP contribution in [0.4, 0.5) is 0 Å². The molecule has 56 heavy (non-hydrogen) atoms. The molecule has 7 N–H and O–H groups in total. The van der Waals surface area contributed by atoms with Crippen molar-refractivity contribution in [2.24, 2.45) is 0 Å². The normalized spacial score (nSPS) is 15.5. The molecule has 290 valence electrons. The van der Waals surface area contributed by atoms with Gasteiger partial charge in [0.15, 0.2) is 0 Å². The van der Waals surface area contributed by atoms with Crippen LogP contribution in [-0.2, 0) is 22.7 Å². The van der Waals surface area contributed by atoms with Crippen molar-refractivity contribution in [2.75, 3.05) is 13.2 Å². The van der Waals surface area contributed by atoms with Gasteiger partial charge in [0.2, 0.25) is 0 Å². The summed E-state index contributed by atoms with van der Waals surface area (Å²) in [5.41, 5.74) is 3.68. The van der Waals surface area contributed by atoms with E-state index in [-0.39, 0.29) is 11.1 Å². The first kappa shape index (κ1) is 39.1. The summed E-state index contributed by atoms with van der Waals surface area (Å²) in [6.45, 7) is 1.09. The number of aliphatic hydroxyl groups excluding tert-OH is 1. The molecule has 0 saturated carbocycles. The highest BCUT2D eigenvalue weighted by atomic mass is 31.2. The Balaban J connectivity index is 1.11. The predicted molar refractivity (Wildman–Crippen MR) is 209 cm³/mol. The molecular formula is C38H37N5O11P2. The van der Waals surface area contributed by atoms with E-state index in [9.17, 15) is 38.5 Å². The van der Waals surface area contributed by atoms with Crippen molar-refractivity contribution >= 4 is 82.1 Å². The van der Waals surface area contributed by atoms with Crippen molar-refractivity contribution in [1.82, 2.24) is 25.6 Å². The quantitative estimate of drug-likeness (QED) is 0.0533. The number of amides is 2. The van der Waals surface area contributed by atoms with E-state index >= 15 is 0 Å². The van der Waals surface area contributed by atoms with Gasteiger partial charge in [-0.05, 0) is 38.1 Å². The molecule has 0 bridgehead atoms. The van der Waals surface area contributed by atoms with Gasteiger partial charge < -0.3 is 35.4 Å². The second kappa shape index (κ2) is 15.8. The zero-order valence-electron chi connectivity index (χ0n) is 29.9. The molecule has 0 aliphatic heterocycles. The third-order valence-corrected chi connectivity index (χ3v) is 11.0. The largest absolute Gasteiger partial charge is 0.472 e. The summed E-state index contributed by atoms with van der Waals surface area (Å²) >= 11 is 0. The average molecular weight is 802 g/mol. The van der Waals surface area contributed by atoms with Crippen molar-refractivity contribution in [1.29, 1.82) is 0 Å². The Bertz CT molecular complexity index is 2670. The lowest BCUT2D eigenvalue weighted by atomic mass is 10.0. The topological polar surface area (TPSA) is 243 Å². The number of benzene rings is 4. The molecule has 0 spiro atoms. The summed E-state index contributed by atoms with van der Waals surface area (Å²) in [4.78, 5) is 70.4. The summed E-state index contributed by atoms with van der Waals surface area (Å²) in [6, 6.07) is 25.7. The highest BCUT2D eigenvalue weighted by Crippen LogP contribution is 2.47. The number of nitrogens with zero attached hydrogens (tertiary/aromatic N) is 2. The summed E-state index contributed by atoms with van der Waals surface area (Å²) in [5, 5.41) is 17.9. The first-order valence-electron chi connectivity index (χ1n) is 17.4. The van der Waals surface area contributed by atoms with E-state index < -0.39 is 65.0 Å². The van der Waals surface area contributed by atoms with E-state index in [1.54, 1.807) is 72.8 Å². The van der Waals surface area contributed by atoms with Crippen molar-refractivity contribution in [3.63, 3.8) is 0 Å². The first-order chi connectivity index (χ1) is 26.7. The summed E-state index contributed by atoms with van der Waals surface area (Å²) in [5.74, 6) is -1.32. The Morgan fingerprint density at radius 3 is 1.71 bits per heavy atom. The highest BCUT2D eigenvalue weighted by molar-refractivity contribution is 7.47. The number of aromatic amines is 1. The average Bonchev–Trinajstić information content (AvgIpc) is 3.53. The molecule has 3 heterocycles. The number of hydrogen-bond donors (Lipinski definition) is 7. The fraction of sp³-hybridized carbons (Fsp3) is 0.211. The minimum Gasteiger partial charge on any atom is -0.394 e. The number of pyridine rings is 2. The standard InChI is InChI=1S/C38H37N5O11P2/c1-21(31(19-44)42-37(45)33-23-11-3-7-15-27(23)39-28-16-8-4-12-24(28)33)53-56(50,51)54-22(2)32(20-52-55(47,48)49)43-38(46)34-25-13-5-9-17-29(25)40-35-26-14-6-10-18-30(26)41-36(34)35/h3-18,21-22,31-32,41,44H,19-20H2,1-2H3,(H,42,45)(H,43,46)(H,50,51)(H2,47,48,49). The number of phosphoric acid groups is 2. The lowest BCUT2D eigenvalue weighted by Crippen LogP contribution is -2.47. The lowest BCUT2D eigenvalue weighted by Gasteiger charge is -2.29. The fourth-order valence-corrected chi connectivity index (χ4v) is 8.18. The number of fused-ring (bicyclic) bond motifs is 6. The van der Waals surface area contributed by atoms with Gasteiger partial charge in [0.25, 0.3) is 11.8 Å². The first-order valence-corrected chi connectivity index (χ1v) is 20.4. The number of para-hydroxylation sites is 4. The minimum absolute atomic E-state index is 0.156. The minimum atomic E-state index is -5.09. The van der Waals surface area contributed by atoms with Crippen LogP contribution >= 0.6 is 15.6 Å². The van der Waals surface area contributed by atoms with Crippen LogP contribution in [-0.4, -0.2) is 84.1 Å². The van der Waals surface area contributed by atoms with Gasteiger partial charge >= 0.3 is 15.6 Å². The lowest BCUT2D eigenvalue weighted by molar-refractivity contribution is 0.0364. The zero-order valence-corrected chi connectivity index (χ0v) is 31.7. The number of aromatic nitrogens is 3. The maximum Gasteiger partial charge on any atom is 0.472 e. The van der Waals surface area contributed by atoms with Crippen LogP contribution in [0.2, 0.25) is 0 Å². The maximum atomic E-state index is 14.1. The molecule has 5 atom stereocenters. The third-order valence-electron chi connectivity index (χ3n) is 9.36. The molecule has 0 aliphatic rings. The number of nitrogens with one attached hydrogen (secondary N) is 3. The van der Waals surface area contributed by atoms with Gasteiger partial charge in [-0.2, -0.15) is 0 Å². The summed E-state index contributed by atoms with van der Waals surface area (Å²) in [7, 11) is -10.2. The van der Waals surface area contributed by atoms with Crippen molar-refractivity contribution in [3.8, 4) is 0 Å². The van der Waals surface area contributed by atoms with E-state index in [1.165, 1.54) is 13.8 Å². The van der Waals surface area contributed by atoms with Crippen molar-refractivity contribution in [3.05, 3.63) is 108 Å². The van der Waals surface area contributed by atoms with E-state index in [0.717, 1.165) is 5.39 Å². The molecule has 0 aliphatic carbocycles.